The lowest BCUT2D eigenvalue weighted by Crippen LogP contribution is -1.95. The fourth-order valence-electron chi connectivity index (χ4n) is 2.18. The number of hydrogen-bond acceptors (Lipinski definition) is 5. The number of benzene rings is 2. The lowest BCUT2D eigenvalue weighted by atomic mass is 10.2. The Morgan fingerprint density at radius 3 is 2.68 bits per heavy atom. The van der Waals surface area contributed by atoms with Crippen LogP contribution in [0.2, 0.25) is 5.02 Å². The highest BCUT2D eigenvalue weighted by molar-refractivity contribution is 7.98. The molecule has 3 rings (SSSR count). The van der Waals surface area contributed by atoms with Crippen LogP contribution >= 0.6 is 23.4 Å². The molecule has 0 bridgehead atoms. The molecule has 2 aromatic carbocycles. The van der Waals surface area contributed by atoms with Gasteiger partial charge in [-0.2, -0.15) is 4.98 Å². The maximum absolute atomic E-state index is 6.14. The molecule has 0 aliphatic rings. The Morgan fingerprint density at radius 1 is 1.04 bits per heavy atom. The monoisotopic (exact) mass is 372 g/mol. The third-order valence-corrected chi connectivity index (χ3v) is 4.59. The molecule has 0 saturated carbocycles. The molecule has 0 saturated heterocycles. The summed E-state index contributed by atoms with van der Waals surface area (Å²) in [4.78, 5) is 8.93. The van der Waals surface area contributed by atoms with Crippen molar-refractivity contribution in [1.82, 2.24) is 9.97 Å². The van der Waals surface area contributed by atoms with Crippen LogP contribution in [0.1, 0.15) is 11.3 Å². The summed E-state index contributed by atoms with van der Waals surface area (Å²) >= 11 is 7.68. The van der Waals surface area contributed by atoms with Gasteiger partial charge in [0.25, 0.3) is 0 Å². The van der Waals surface area contributed by atoms with E-state index in [-0.39, 0.29) is 0 Å². The largest absolute Gasteiger partial charge is 0.497 e. The van der Waals surface area contributed by atoms with Crippen molar-refractivity contribution in [2.24, 2.45) is 0 Å². The molecular weight excluding hydrogens is 356 g/mol. The second-order valence-corrected chi connectivity index (χ2v) is 6.65. The number of methoxy groups -OCH3 is 1. The van der Waals surface area contributed by atoms with Crippen LogP contribution in [0.5, 0.6) is 17.4 Å². The molecule has 128 valence electrons. The Bertz CT molecular complexity index is 874. The maximum Gasteiger partial charge on any atom is 0.223 e. The Labute approximate surface area is 156 Å². The first-order valence-electron chi connectivity index (χ1n) is 7.68. The third-order valence-electron chi connectivity index (χ3n) is 3.36. The van der Waals surface area contributed by atoms with Crippen LogP contribution in [0.15, 0.2) is 59.8 Å². The van der Waals surface area contributed by atoms with E-state index in [9.17, 15) is 0 Å². The highest BCUT2D eigenvalue weighted by Gasteiger charge is 2.08. The molecule has 1 aromatic heterocycles. The van der Waals surface area contributed by atoms with Crippen molar-refractivity contribution in [2.75, 3.05) is 7.11 Å². The Morgan fingerprint density at radius 2 is 1.88 bits per heavy atom. The molecule has 0 N–H and O–H groups in total. The van der Waals surface area contributed by atoms with E-state index in [0.29, 0.717) is 21.8 Å². The fraction of sp³-hybridized carbons (Fsp3) is 0.158. The van der Waals surface area contributed by atoms with Gasteiger partial charge in [-0.1, -0.05) is 47.6 Å². The van der Waals surface area contributed by atoms with Crippen LogP contribution in [0.3, 0.4) is 0 Å². The maximum atomic E-state index is 6.14. The highest BCUT2D eigenvalue weighted by Crippen LogP contribution is 2.30. The second-order valence-electron chi connectivity index (χ2n) is 5.30. The molecule has 0 aliphatic carbocycles. The standard InChI is InChI=1S/C19H17ClN2O2S/c1-13-10-18(24-17-9-4-3-8-16(17)20)22-19(21-13)25-12-14-6-5-7-15(11-14)23-2/h3-11H,12H2,1-2H3. The van der Waals surface area contributed by atoms with Gasteiger partial charge in [0.2, 0.25) is 5.88 Å². The van der Waals surface area contributed by atoms with Gasteiger partial charge in [-0.3, -0.25) is 0 Å². The number of rotatable bonds is 6. The quantitative estimate of drug-likeness (QED) is 0.420. The van der Waals surface area contributed by atoms with E-state index in [2.05, 4.69) is 9.97 Å². The molecular formula is C19H17ClN2O2S. The van der Waals surface area contributed by atoms with Crippen molar-refractivity contribution in [1.29, 1.82) is 0 Å². The zero-order valence-electron chi connectivity index (χ0n) is 13.9. The average molecular weight is 373 g/mol. The molecule has 3 aromatic rings. The molecule has 0 amide bonds. The molecule has 25 heavy (non-hydrogen) atoms. The predicted molar refractivity (Wildman–Crippen MR) is 101 cm³/mol. The van der Waals surface area contributed by atoms with Crippen molar-refractivity contribution in [3.8, 4) is 17.4 Å². The number of aryl methyl sites for hydroxylation is 1. The van der Waals surface area contributed by atoms with Crippen molar-refractivity contribution in [2.45, 2.75) is 17.8 Å². The van der Waals surface area contributed by atoms with Crippen LogP contribution in [0.4, 0.5) is 0 Å². The predicted octanol–water partition coefficient (Wildman–Crippen LogP) is 5.53. The average Bonchev–Trinajstić information content (AvgIpc) is 2.62. The molecule has 0 spiro atoms. The Kier molecular flexibility index (Phi) is 5.79. The number of thioether (sulfide) groups is 1. The van der Waals surface area contributed by atoms with E-state index in [1.807, 2.05) is 49.4 Å². The summed E-state index contributed by atoms with van der Waals surface area (Å²) in [7, 11) is 1.66. The van der Waals surface area contributed by atoms with Gasteiger partial charge in [-0.05, 0) is 36.8 Å². The number of aromatic nitrogens is 2. The van der Waals surface area contributed by atoms with Crippen LogP contribution in [0, 0.1) is 6.92 Å². The van der Waals surface area contributed by atoms with E-state index >= 15 is 0 Å². The van der Waals surface area contributed by atoms with Gasteiger partial charge in [-0.25, -0.2) is 4.98 Å². The summed E-state index contributed by atoms with van der Waals surface area (Å²) in [5.74, 6) is 2.64. The van der Waals surface area contributed by atoms with E-state index < -0.39 is 0 Å². The Balaban J connectivity index is 1.74. The van der Waals surface area contributed by atoms with Crippen LogP contribution in [0.25, 0.3) is 0 Å². The van der Waals surface area contributed by atoms with Crippen LogP contribution < -0.4 is 9.47 Å². The molecule has 0 atom stereocenters. The molecule has 6 heteroatoms. The molecule has 0 aliphatic heterocycles. The minimum atomic E-state index is 0.480. The smallest absolute Gasteiger partial charge is 0.223 e. The van der Waals surface area contributed by atoms with Gasteiger partial charge in [-0.15, -0.1) is 0 Å². The summed E-state index contributed by atoms with van der Waals surface area (Å²) in [6.07, 6.45) is 0. The van der Waals surface area contributed by atoms with Crippen molar-refractivity contribution in [3.63, 3.8) is 0 Å². The van der Waals surface area contributed by atoms with Crippen LogP contribution in [-0.4, -0.2) is 17.1 Å². The number of nitrogens with zero attached hydrogens (tertiary/aromatic N) is 2. The summed E-state index contributed by atoms with van der Waals surface area (Å²) in [6, 6.07) is 17.1. The summed E-state index contributed by atoms with van der Waals surface area (Å²) in [6.45, 7) is 1.91. The zero-order valence-corrected chi connectivity index (χ0v) is 15.5. The molecule has 4 nitrogen and oxygen atoms in total. The van der Waals surface area contributed by atoms with E-state index in [0.717, 1.165) is 22.8 Å². The number of ether oxygens (including phenoxy) is 2. The minimum absolute atomic E-state index is 0.480. The zero-order chi connectivity index (χ0) is 17.6. The SMILES string of the molecule is COc1cccc(CSc2nc(C)cc(Oc3ccccc3Cl)n2)c1. The van der Waals surface area contributed by atoms with E-state index in [4.69, 9.17) is 21.1 Å². The van der Waals surface area contributed by atoms with Crippen LogP contribution in [-0.2, 0) is 5.75 Å². The minimum Gasteiger partial charge on any atom is -0.497 e. The lowest BCUT2D eigenvalue weighted by Gasteiger charge is -2.09. The summed E-state index contributed by atoms with van der Waals surface area (Å²) < 4.78 is 11.1. The van der Waals surface area contributed by atoms with Crippen molar-refractivity contribution >= 4 is 23.4 Å². The number of para-hydroxylation sites is 1. The third kappa shape index (κ3) is 4.87. The highest BCUT2D eigenvalue weighted by atomic mass is 35.5. The summed E-state index contributed by atoms with van der Waals surface area (Å²) in [5.41, 5.74) is 1.98. The Hall–Kier alpha value is -2.24. The first-order valence-corrected chi connectivity index (χ1v) is 9.04. The lowest BCUT2D eigenvalue weighted by molar-refractivity contribution is 0.414. The normalized spacial score (nSPS) is 10.5. The summed E-state index contributed by atoms with van der Waals surface area (Å²) in [5, 5.41) is 1.20. The van der Waals surface area contributed by atoms with Gasteiger partial charge in [0.15, 0.2) is 5.16 Å². The molecule has 0 fully saturated rings. The van der Waals surface area contributed by atoms with Gasteiger partial charge < -0.3 is 9.47 Å². The van der Waals surface area contributed by atoms with Gasteiger partial charge in [0, 0.05) is 17.5 Å². The van der Waals surface area contributed by atoms with Gasteiger partial charge in [0.1, 0.15) is 11.5 Å². The number of halogens is 1. The molecule has 1 heterocycles. The molecule has 0 radical (unpaired) electrons. The van der Waals surface area contributed by atoms with E-state index in [1.54, 1.807) is 31.0 Å². The number of hydrogen-bond donors (Lipinski definition) is 0. The first-order chi connectivity index (χ1) is 12.1. The first kappa shape index (κ1) is 17.6. The molecule has 0 unspecified atom stereocenters. The van der Waals surface area contributed by atoms with Crippen molar-refractivity contribution < 1.29 is 9.47 Å². The topological polar surface area (TPSA) is 44.2 Å². The van der Waals surface area contributed by atoms with E-state index in [1.165, 1.54) is 0 Å². The van der Waals surface area contributed by atoms with Gasteiger partial charge >= 0.3 is 0 Å². The second kappa shape index (κ2) is 8.23. The van der Waals surface area contributed by atoms with Gasteiger partial charge in [0.05, 0.1) is 12.1 Å². The van der Waals surface area contributed by atoms with Crippen molar-refractivity contribution in [3.05, 3.63) is 70.9 Å². The fourth-order valence-corrected chi connectivity index (χ4v) is 3.19.